The van der Waals surface area contributed by atoms with Crippen molar-refractivity contribution < 1.29 is 9.53 Å². The third kappa shape index (κ3) is 3.08. The molecular formula is C13H18O2. The van der Waals surface area contributed by atoms with E-state index < -0.39 is 5.41 Å². The number of aryl methyl sites for hydroxylation is 1. The lowest BCUT2D eigenvalue weighted by molar-refractivity contribution is -0.143. The summed E-state index contributed by atoms with van der Waals surface area (Å²) in [6.07, 6.45) is 0.869. The molecular weight excluding hydrogens is 188 g/mol. The fourth-order valence-electron chi connectivity index (χ4n) is 1.15. The van der Waals surface area contributed by atoms with Crippen LogP contribution >= 0.6 is 0 Å². The Labute approximate surface area is 91.3 Å². The van der Waals surface area contributed by atoms with Gasteiger partial charge in [-0.1, -0.05) is 25.1 Å². The van der Waals surface area contributed by atoms with Crippen molar-refractivity contribution in [3.05, 3.63) is 29.8 Å². The Morgan fingerprint density at radius 3 is 2.40 bits per heavy atom. The SMILES string of the molecule is CCc1ccccc1OC(=O)C(C)(C)C. The summed E-state index contributed by atoms with van der Waals surface area (Å²) in [7, 11) is 0. The monoisotopic (exact) mass is 206 g/mol. The molecule has 0 spiro atoms. The van der Waals surface area contributed by atoms with E-state index in [0.717, 1.165) is 12.0 Å². The quantitative estimate of drug-likeness (QED) is 0.548. The molecule has 1 aromatic rings. The second-order valence-corrected chi connectivity index (χ2v) is 4.60. The van der Waals surface area contributed by atoms with Gasteiger partial charge in [0, 0.05) is 0 Å². The Morgan fingerprint density at radius 2 is 1.87 bits per heavy atom. The first-order valence-electron chi connectivity index (χ1n) is 5.25. The number of para-hydroxylation sites is 1. The van der Waals surface area contributed by atoms with Crippen molar-refractivity contribution >= 4 is 5.97 Å². The summed E-state index contributed by atoms with van der Waals surface area (Å²) in [5, 5.41) is 0. The highest BCUT2D eigenvalue weighted by Gasteiger charge is 2.24. The number of esters is 1. The van der Waals surface area contributed by atoms with E-state index in [2.05, 4.69) is 0 Å². The highest BCUT2D eigenvalue weighted by atomic mass is 16.5. The third-order valence-corrected chi connectivity index (χ3v) is 2.17. The van der Waals surface area contributed by atoms with Crippen molar-refractivity contribution in [1.29, 1.82) is 0 Å². The first-order chi connectivity index (χ1) is 6.95. The van der Waals surface area contributed by atoms with Crippen molar-refractivity contribution in [2.75, 3.05) is 0 Å². The molecule has 0 aliphatic rings. The Morgan fingerprint density at radius 1 is 1.27 bits per heavy atom. The summed E-state index contributed by atoms with van der Waals surface area (Å²) in [4.78, 5) is 11.7. The second-order valence-electron chi connectivity index (χ2n) is 4.60. The summed E-state index contributed by atoms with van der Waals surface area (Å²) in [6.45, 7) is 7.60. The zero-order valence-corrected chi connectivity index (χ0v) is 9.83. The van der Waals surface area contributed by atoms with E-state index in [4.69, 9.17) is 4.74 Å². The maximum absolute atomic E-state index is 11.7. The molecule has 0 fully saturated rings. The van der Waals surface area contributed by atoms with Crippen LogP contribution in [0.2, 0.25) is 0 Å². The maximum atomic E-state index is 11.7. The van der Waals surface area contributed by atoms with Gasteiger partial charge in [0.05, 0.1) is 5.41 Å². The topological polar surface area (TPSA) is 26.3 Å². The lowest BCUT2D eigenvalue weighted by Gasteiger charge is -2.17. The summed E-state index contributed by atoms with van der Waals surface area (Å²) in [5.41, 5.74) is 0.607. The fourth-order valence-corrected chi connectivity index (χ4v) is 1.15. The molecule has 82 valence electrons. The van der Waals surface area contributed by atoms with E-state index in [0.29, 0.717) is 5.75 Å². The summed E-state index contributed by atoms with van der Waals surface area (Å²) in [6, 6.07) is 7.64. The van der Waals surface area contributed by atoms with Gasteiger partial charge in [0.2, 0.25) is 0 Å². The van der Waals surface area contributed by atoms with Gasteiger partial charge in [0.25, 0.3) is 0 Å². The molecule has 0 amide bonds. The smallest absolute Gasteiger partial charge is 0.316 e. The predicted molar refractivity (Wildman–Crippen MR) is 60.9 cm³/mol. The van der Waals surface area contributed by atoms with Crippen LogP contribution in [0.25, 0.3) is 0 Å². The van der Waals surface area contributed by atoms with Gasteiger partial charge in [0.1, 0.15) is 5.75 Å². The zero-order valence-electron chi connectivity index (χ0n) is 9.83. The highest BCUT2D eigenvalue weighted by Crippen LogP contribution is 2.22. The lowest BCUT2D eigenvalue weighted by atomic mass is 9.97. The van der Waals surface area contributed by atoms with Crippen LogP contribution in [0.3, 0.4) is 0 Å². The molecule has 0 radical (unpaired) electrons. The van der Waals surface area contributed by atoms with Crippen molar-refractivity contribution in [1.82, 2.24) is 0 Å². The molecule has 0 saturated carbocycles. The molecule has 0 saturated heterocycles. The minimum Gasteiger partial charge on any atom is -0.426 e. The van der Waals surface area contributed by atoms with E-state index in [9.17, 15) is 4.79 Å². The third-order valence-electron chi connectivity index (χ3n) is 2.17. The van der Waals surface area contributed by atoms with Gasteiger partial charge in [-0.25, -0.2) is 0 Å². The number of ether oxygens (including phenoxy) is 1. The van der Waals surface area contributed by atoms with Crippen LogP contribution in [0.5, 0.6) is 5.75 Å². The summed E-state index contributed by atoms with van der Waals surface area (Å²) >= 11 is 0. The van der Waals surface area contributed by atoms with Crippen LogP contribution in [0.1, 0.15) is 33.3 Å². The van der Waals surface area contributed by atoms with Crippen LogP contribution < -0.4 is 4.74 Å². The molecule has 0 heterocycles. The number of hydrogen-bond acceptors (Lipinski definition) is 2. The van der Waals surface area contributed by atoms with Crippen molar-refractivity contribution in [2.45, 2.75) is 34.1 Å². The van der Waals surface area contributed by atoms with E-state index in [-0.39, 0.29) is 5.97 Å². The fraction of sp³-hybridized carbons (Fsp3) is 0.462. The van der Waals surface area contributed by atoms with Gasteiger partial charge in [-0.15, -0.1) is 0 Å². The summed E-state index contributed by atoms with van der Waals surface area (Å²) < 4.78 is 5.36. The molecule has 0 atom stereocenters. The Kier molecular flexibility index (Phi) is 3.51. The summed E-state index contributed by atoms with van der Waals surface area (Å²) in [5.74, 6) is 0.489. The zero-order chi connectivity index (χ0) is 11.5. The highest BCUT2D eigenvalue weighted by molar-refractivity contribution is 5.78. The van der Waals surface area contributed by atoms with Gasteiger partial charge < -0.3 is 4.74 Å². The van der Waals surface area contributed by atoms with Gasteiger partial charge in [-0.3, -0.25) is 4.79 Å². The van der Waals surface area contributed by atoms with E-state index in [1.165, 1.54) is 0 Å². The largest absolute Gasteiger partial charge is 0.426 e. The molecule has 0 aliphatic heterocycles. The van der Waals surface area contributed by atoms with Crippen molar-refractivity contribution in [3.8, 4) is 5.75 Å². The number of rotatable bonds is 2. The first kappa shape index (κ1) is 11.8. The average molecular weight is 206 g/mol. The molecule has 1 rings (SSSR count). The number of carbonyl (C=O) groups is 1. The lowest BCUT2D eigenvalue weighted by Crippen LogP contribution is -2.25. The first-order valence-corrected chi connectivity index (χ1v) is 5.25. The minimum absolute atomic E-state index is 0.191. The van der Waals surface area contributed by atoms with Crippen LogP contribution in [-0.2, 0) is 11.2 Å². The molecule has 1 aromatic carbocycles. The van der Waals surface area contributed by atoms with E-state index >= 15 is 0 Å². The number of hydrogen-bond donors (Lipinski definition) is 0. The van der Waals surface area contributed by atoms with E-state index in [1.54, 1.807) is 0 Å². The van der Waals surface area contributed by atoms with Crippen LogP contribution in [0.4, 0.5) is 0 Å². The number of benzene rings is 1. The normalized spacial score (nSPS) is 11.2. The molecule has 0 unspecified atom stereocenters. The van der Waals surface area contributed by atoms with Crippen molar-refractivity contribution in [2.24, 2.45) is 5.41 Å². The molecule has 2 heteroatoms. The minimum atomic E-state index is -0.457. The molecule has 2 nitrogen and oxygen atoms in total. The molecule has 0 aliphatic carbocycles. The van der Waals surface area contributed by atoms with Gasteiger partial charge in [-0.05, 0) is 38.8 Å². The number of carbonyl (C=O) groups excluding carboxylic acids is 1. The predicted octanol–water partition coefficient (Wildman–Crippen LogP) is 3.20. The molecule has 0 aromatic heterocycles. The maximum Gasteiger partial charge on any atom is 0.316 e. The van der Waals surface area contributed by atoms with Gasteiger partial charge in [-0.2, -0.15) is 0 Å². The Bertz CT molecular complexity index is 348. The standard InChI is InChI=1S/C13H18O2/c1-5-10-8-6-7-9-11(10)15-12(14)13(2,3)4/h6-9H,5H2,1-4H3. The van der Waals surface area contributed by atoms with Crippen LogP contribution in [0, 0.1) is 5.41 Å². The van der Waals surface area contributed by atoms with E-state index in [1.807, 2.05) is 52.0 Å². The average Bonchev–Trinajstić information content (AvgIpc) is 2.17. The Balaban J connectivity index is 2.85. The van der Waals surface area contributed by atoms with Gasteiger partial charge >= 0.3 is 5.97 Å². The van der Waals surface area contributed by atoms with Gasteiger partial charge in [0.15, 0.2) is 0 Å². The Hall–Kier alpha value is -1.31. The second kappa shape index (κ2) is 4.47. The molecule has 15 heavy (non-hydrogen) atoms. The molecule has 0 N–H and O–H groups in total. The van der Waals surface area contributed by atoms with Crippen LogP contribution in [-0.4, -0.2) is 5.97 Å². The van der Waals surface area contributed by atoms with Crippen LogP contribution in [0.15, 0.2) is 24.3 Å². The van der Waals surface area contributed by atoms with Crippen molar-refractivity contribution in [3.63, 3.8) is 0 Å². The molecule has 0 bridgehead atoms.